The van der Waals surface area contributed by atoms with Crippen LogP contribution >= 0.6 is 11.8 Å². The Hall–Kier alpha value is -0.480. The quantitative estimate of drug-likeness (QED) is 0.709. The summed E-state index contributed by atoms with van der Waals surface area (Å²) in [4.78, 5) is 11.8. The molecule has 1 aliphatic rings. The molecular weight excluding hydrogens is 232 g/mol. The number of nitrogens with one attached hydrogen (secondary N) is 1. The second-order valence-corrected chi connectivity index (χ2v) is 7.35. The van der Waals surface area contributed by atoms with Crippen LogP contribution in [0.1, 0.15) is 46.5 Å². The smallest absolute Gasteiger partial charge is 0.279 e. The van der Waals surface area contributed by atoms with Crippen molar-refractivity contribution in [3.8, 4) is 0 Å². The molecule has 0 aromatic carbocycles. The van der Waals surface area contributed by atoms with Crippen LogP contribution in [0.15, 0.2) is 12.2 Å². The maximum absolute atomic E-state index is 11.8. The van der Waals surface area contributed by atoms with E-state index in [-0.39, 0.29) is 22.1 Å². The van der Waals surface area contributed by atoms with Crippen LogP contribution in [0, 0.1) is 0 Å². The van der Waals surface area contributed by atoms with E-state index in [1.54, 1.807) is 0 Å². The molecule has 0 spiro atoms. The van der Waals surface area contributed by atoms with Crippen molar-refractivity contribution in [2.45, 2.75) is 63.3 Å². The summed E-state index contributed by atoms with van der Waals surface area (Å²) in [6.45, 7) is 6.11. The summed E-state index contributed by atoms with van der Waals surface area (Å²) >= 11 is 1.33. The zero-order chi connectivity index (χ0) is 12.9. The lowest BCUT2D eigenvalue weighted by Gasteiger charge is -2.26. The highest BCUT2D eigenvalue weighted by Crippen LogP contribution is 2.24. The van der Waals surface area contributed by atoms with Crippen LogP contribution in [0.25, 0.3) is 0 Å². The van der Waals surface area contributed by atoms with E-state index in [4.69, 9.17) is 5.73 Å². The van der Waals surface area contributed by atoms with Crippen molar-refractivity contribution in [2.24, 2.45) is 5.73 Å². The fraction of sp³-hybridized carbons (Fsp3) is 0.769. The number of carbonyl (C=O) groups excluding carboxylic acids is 1. The normalized spacial score (nSPS) is 26.1. The van der Waals surface area contributed by atoms with Crippen molar-refractivity contribution in [3.05, 3.63) is 12.2 Å². The molecule has 3 N–H and O–H groups in total. The molecule has 0 fully saturated rings. The average Bonchev–Trinajstić information content (AvgIpc) is 2.15. The number of rotatable bonds is 1. The minimum absolute atomic E-state index is 0.0342. The summed E-state index contributed by atoms with van der Waals surface area (Å²) in [6.07, 6.45) is 8.35. The van der Waals surface area contributed by atoms with Crippen LogP contribution in [-0.2, 0) is 0 Å². The Labute approximate surface area is 109 Å². The molecule has 2 atom stereocenters. The molecule has 0 saturated heterocycles. The standard InChI is InChI=1S/C13H24N2OS/c1-13(2,3)17-12(16)15-11-9-7-5-4-6-8-10(11)14/h5,7,10-11H,4,6,8-9,14H2,1-3H3,(H,15,16)/t10-,11?/m1/s1. The fourth-order valence-corrected chi connectivity index (χ4v) is 2.60. The molecular formula is C13H24N2OS. The maximum atomic E-state index is 11.8. The molecule has 0 aliphatic heterocycles. The number of allylic oxidation sites excluding steroid dienone is 1. The van der Waals surface area contributed by atoms with Crippen LogP contribution < -0.4 is 11.1 Å². The van der Waals surface area contributed by atoms with E-state index in [0.29, 0.717) is 0 Å². The first-order chi connectivity index (χ1) is 7.88. The van der Waals surface area contributed by atoms with Crippen molar-refractivity contribution in [2.75, 3.05) is 0 Å². The van der Waals surface area contributed by atoms with Gasteiger partial charge in [-0.2, -0.15) is 0 Å². The molecule has 0 aromatic heterocycles. The van der Waals surface area contributed by atoms with E-state index >= 15 is 0 Å². The molecule has 0 saturated carbocycles. The number of carbonyl (C=O) groups is 1. The van der Waals surface area contributed by atoms with Crippen molar-refractivity contribution in [1.29, 1.82) is 0 Å². The third kappa shape index (κ3) is 6.13. The van der Waals surface area contributed by atoms with Crippen LogP contribution in [-0.4, -0.2) is 22.1 Å². The molecule has 1 amide bonds. The van der Waals surface area contributed by atoms with Gasteiger partial charge in [0.25, 0.3) is 5.24 Å². The Morgan fingerprint density at radius 1 is 1.41 bits per heavy atom. The van der Waals surface area contributed by atoms with Crippen molar-refractivity contribution >= 4 is 17.0 Å². The lowest BCUT2D eigenvalue weighted by atomic mass is 9.97. The predicted octanol–water partition coefficient (Wildman–Crippen LogP) is 3.05. The first kappa shape index (κ1) is 14.6. The third-order valence-corrected chi connectivity index (χ3v) is 3.60. The second-order valence-electron chi connectivity index (χ2n) is 5.55. The van der Waals surface area contributed by atoms with Gasteiger partial charge in [0.2, 0.25) is 0 Å². The number of nitrogens with two attached hydrogens (primary N) is 1. The van der Waals surface area contributed by atoms with Gasteiger partial charge in [-0.05, 0) is 25.7 Å². The Bertz CT molecular complexity index is 284. The van der Waals surface area contributed by atoms with Gasteiger partial charge >= 0.3 is 0 Å². The second kappa shape index (κ2) is 6.45. The summed E-state index contributed by atoms with van der Waals surface area (Å²) < 4.78 is -0.0500. The molecule has 3 nitrogen and oxygen atoms in total. The monoisotopic (exact) mass is 256 g/mol. The first-order valence-corrected chi connectivity index (χ1v) is 7.10. The van der Waals surface area contributed by atoms with E-state index in [2.05, 4.69) is 17.5 Å². The summed E-state index contributed by atoms with van der Waals surface area (Å²) in [7, 11) is 0. The van der Waals surface area contributed by atoms with Gasteiger partial charge in [-0.15, -0.1) is 0 Å². The summed E-state index contributed by atoms with van der Waals surface area (Å²) in [5.74, 6) is 0. The van der Waals surface area contributed by atoms with Gasteiger partial charge < -0.3 is 11.1 Å². The first-order valence-electron chi connectivity index (χ1n) is 6.28. The molecule has 0 bridgehead atoms. The molecule has 17 heavy (non-hydrogen) atoms. The van der Waals surface area contributed by atoms with Crippen LogP contribution in [0.3, 0.4) is 0 Å². The van der Waals surface area contributed by atoms with Crippen LogP contribution in [0.4, 0.5) is 4.79 Å². The van der Waals surface area contributed by atoms with Gasteiger partial charge in [-0.3, -0.25) is 4.79 Å². The topological polar surface area (TPSA) is 55.1 Å². The van der Waals surface area contributed by atoms with Gasteiger partial charge in [0.1, 0.15) is 0 Å². The predicted molar refractivity (Wildman–Crippen MR) is 75.2 cm³/mol. The highest BCUT2D eigenvalue weighted by molar-refractivity contribution is 8.14. The van der Waals surface area contributed by atoms with Crippen molar-refractivity contribution in [3.63, 3.8) is 0 Å². The summed E-state index contributed by atoms with van der Waals surface area (Å²) in [5.41, 5.74) is 6.10. The minimum Gasteiger partial charge on any atom is -0.342 e. The molecule has 0 heterocycles. The molecule has 98 valence electrons. The largest absolute Gasteiger partial charge is 0.342 e. The fourth-order valence-electron chi connectivity index (χ4n) is 1.83. The molecule has 0 aromatic rings. The summed E-state index contributed by atoms with van der Waals surface area (Å²) in [5, 5.41) is 3.07. The molecule has 1 aliphatic carbocycles. The minimum atomic E-state index is -0.0500. The highest BCUT2D eigenvalue weighted by Gasteiger charge is 2.23. The third-order valence-electron chi connectivity index (χ3n) is 2.68. The van der Waals surface area contributed by atoms with Crippen LogP contribution in [0.2, 0.25) is 0 Å². The molecule has 4 heteroatoms. The van der Waals surface area contributed by atoms with Crippen LogP contribution in [0.5, 0.6) is 0 Å². The van der Waals surface area contributed by atoms with Gasteiger partial charge in [0.05, 0.1) is 0 Å². The van der Waals surface area contributed by atoms with E-state index in [0.717, 1.165) is 25.7 Å². The number of hydrogen-bond donors (Lipinski definition) is 2. The van der Waals surface area contributed by atoms with E-state index in [1.165, 1.54) is 11.8 Å². The zero-order valence-electron chi connectivity index (χ0n) is 11.0. The van der Waals surface area contributed by atoms with Gasteiger partial charge in [0, 0.05) is 16.8 Å². The van der Waals surface area contributed by atoms with Crippen molar-refractivity contribution in [1.82, 2.24) is 5.32 Å². The maximum Gasteiger partial charge on any atom is 0.279 e. The molecule has 1 unspecified atom stereocenters. The highest BCUT2D eigenvalue weighted by atomic mass is 32.2. The Morgan fingerprint density at radius 3 is 2.76 bits per heavy atom. The lowest BCUT2D eigenvalue weighted by Crippen LogP contribution is -2.47. The Kier molecular flexibility index (Phi) is 5.53. The summed E-state index contributed by atoms with van der Waals surface area (Å²) in [6, 6.07) is 0.151. The van der Waals surface area contributed by atoms with E-state index in [9.17, 15) is 4.79 Å². The molecule has 1 rings (SSSR count). The Balaban J connectivity index is 2.49. The number of amides is 1. The lowest BCUT2D eigenvalue weighted by molar-refractivity contribution is 0.254. The molecule has 0 radical (unpaired) electrons. The average molecular weight is 256 g/mol. The Morgan fingerprint density at radius 2 is 2.12 bits per heavy atom. The van der Waals surface area contributed by atoms with Gasteiger partial charge in [-0.25, -0.2) is 0 Å². The SMILES string of the molecule is CC(C)(C)SC(=O)NC1CC=CCCC[C@H]1N. The van der Waals surface area contributed by atoms with Crippen molar-refractivity contribution < 1.29 is 4.79 Å². The van der Waals surface area contributed by atoms with Gasteiger partial charge in [-0.1, -0.05) is 44.7 Å². The number of thioether (sulfide) groups is 1. The van der Waals surface area contributed by atoms with E-state index in [1.807, 2.05) is 20.8 Å². The van der Waals surface area contributed by atoms with Gasteiger partial charge in [0.15, 0.2) is 0 Å². The number of hydrogen-bond acceptors (Lipinski definition) is 3. The zero-order valence-corrected chi connectivity index (χ0v) is 11.8. The van der Waals surface area contributed by atoms with E-state index < -0.39 is 0 Å².